The Morgan fingerprint density at radius 1 is 1.03 bits per heavy atom. The van der Waals surface area contributed by atoms with Gasteiger partial charge in [0, 0.05) is 6.54 Å². The number of carbonyl (C=O) groups is 1. The molecule has 1 saturated heterocycles. The molecular weight excluding hydrogens is 445 g/mol. The lowest BCUT2D eigenvalue weighted by molar-refractivity contribution is -0.137. The molecule has 4 rings (SSSR count). The first-order valence-corrected chi connectivity index (χ1v) is 11.9. The summed E-state index contributed by atoms with van der Waals surface area (Å²) in [5.41, 5.74) is -0.317. The lowest BCUT2D eigenvalue weighted by atomic mass is 9.90. The standard InChI is InChI=1S/C22H23F3N2O4S/c23-22(24,25)16-6-8-17(15-2-1-9-26-12-15)19(11-16)27-32(30,31)20-10-14(21(28)29)5-7-18(20)13-3-4-13/h5-8,10-11,13,15,26-27H,1-4,9,12H2,(H,28,29). The summed E-state index contributed by atoms with van der Waals surface area (Å²) >= 11 is 0. The summed E-state index contributed by atoms with van der Waals surface area (Å²) in [6, 6.07) is 7.01. The van der Waals surface area contributed by atoms with Gasteiger partial charge in [0.25, 0.3) is 10.0 Å². The Kier molecular flexibility index (Phi) is 5.93. The average molecular weight is 468 g/mol. The summed E-state index contributed by atoms with van der Waals surface area (Å²) in [7, 11) is -4.33. The topological polar surface area (TPSA) is 95.5 Å². The van der Waals surface area contributed by atoms with Crippen molar-refractivity contribution in [3.8, 4) is 0 Å². The molecular formula is C22H23F3N2O4S. The van der Waals surface area contributed by atoms with Gasteiger partial charge >= 0.3 is 12.1 Å². The minimum atomic E-state index is -4.63. The van der Waals surface area contributed by atoms with Crippen molar-refractivity contribution in [3.63, 3.8) is 0 Å². The summed E-state index contributed by atoms with van der Waals surface area (Å²) in [5.74, 6) is -1.43. The monoisotopic (exact) mass is 468 g/mol. The summed E-state index contributed by atoms with van der Waals surface area (Å²) in [5, 5.41) is 12.5. The largest absolute Gasteiger partial charge is 0.478 e. The Hall–Kier alpha value is -2.59. The van der Waals surface area contributed by atoms with Gasteiger partial charge < -0.3 is 10.4 Å². The van der Waals surface area contributed by atoms with Gasteiger partial charge in [-0.2, -0.15) is 13.2 Å². The number of aromatic carboxylic acids is 1. The van der Waals surface area contributed by atoms with Crippen molar-refractivity contribution < 1.29 is 31.5 Å². The Morgan fingerprint density at radius 2 is 1.75 bits per heavy atom. The van der Waals surface area contributed by atoms with Crippen LogP contribution in [0.2, 0.25) is 0 Å². The summed E-state index contributed by atoms with van der Waals surface area (Å²) in [6.07, 6.45) is -1.54. The van der Waals surface area contributed by atoms with Crippen LogP contribution in [0.5, 0.6) is 0 Å². The highest BCUT2D eigenvalue weighted by atomic mass is 32.2. The molecule has 2 aromatic carbocycles. The molecule has 172 valence electrons. The summed E-state index contributed by atoms with van der Waals surface area (Å²) in [4.78, 5) is 11.2. The number of carboxylic acids is 1. The van der Waals surface area contributed by atoms with Gasteiger partial charge in [-0.25, -0.2) is 13.2 Å². The van der Waals surface area contributed by atoms with Crippen molar-refractivity contribution in [2.45, 2.75) is 48.6 Å². The Morgan fingerprint density at radius 3 is 2.34 bits per heavy atom. The summed E-state index contributed by atoms with van der Waals surface area (Å²) < 4.78 is 69.1. The molecule has 0 spiro atoms. The minimum absolute atomic E-state index is 0.00653. The molecule has 1 heterocycles. The van der Waals surface area contributed by atoms with Crippen molar-refractivity contribution in [2.75, 3.05) is 17.8 Å². The van der Waals surface area contributed by atoms with E-state index in [1.165, 1.54) is 18.2 Å². The predicted octanol–water partition coefficient (Wildman–Crippen LogP) is 4.55. The molecule has 2 fully saturated rings. The number of hydrogen-bond donors (Lipinski definition) is 3. The van der Waals surface area contributed by atoms with Crippen LogP contribution in [0, 0.1) is 0 Å². The second-order valence-electron chi connectivity index (χ2n) is 8.28. The van der Waals surface area contributed by atoms with Crippen LogP contribution in [0.3, 0.4) is 0 Å². The maximum absolute atomic E-state index is 13.4. The van der Waals surface area contributed by atoms with E-state index in [-0.39, 0.29) is 28.0 Å². The predicted molar refractivity (Wildman–Crippen MR) is 112 cm³/mol. The van der Waals surface area contributed by atoms with E-state index < -0.39 is 27.7 Å². The van der Waals surface area contributed by atoms with Crippen LogP contribution in [0.1, 0.15) is 64.6 Å². The third-order valence-electron chi connectivity index (χ3n) is 5.93. The third-order valence-corrected chi connectivity index (χ3v) is 7.35. The van der Waals surface area contributed by atoms with Crippen LogP contribution in [-0.2, 0) is 16.2 Å². The van der Waals surface area contributed by atoms with Crippen molar-refractivity contribution >= 4 is 21.7 Å². The zero-order valence-electron chi connectivity index (χ0n) is 17.1. The second kappa shape index (κ2) is 8.40. The van der Waals surface area contributed by atoms with E-state index in [2.05, 4.69) is 10.0 Å². The van der Waals surface area contributed by atoms with Gasteiger partial charge in [0.1, 0.15) is 0 Å². The van der Waals surface area contributed by atoms with Gasteiger partial charge in [0.15, 0.2) is 0 Å². The summed E-state index contributed by atoms with van der Waals surface area (Å²) in [6.45, 7) is 1.33. The lowest BCUT2D eigenvalue weighted by Gasteiger charge is -2.26. The highest BCUT2D eigenvalue weighted by molar-refractivity contribution is 7.92. The molecule has 10 heteroatoms. The highest BCUT2D eigenvalue weighted by Crippen LogP contribution is 2.44. The molecule has 2 aliphatic rings. The number of rotatable bonds is 6. The molecule has 1 aliphatic heterocycles. The van der Waals surface area contributed by atoms with Gasteiger partial charge in [-0.3, -0.25) is 4.72 Å². The first-order chi connectivity index (χ1) is 15.1. The Labute approximate surface area is 183 Å². The van der Waals surface area contributed by atoms with E-state index in [0.717, 1.165) is 50.4 Å². The zero-order chi connectivity index (χ0) is 23.1. The van der Waals surface area contributed by atoms with Gasteiger partial charge in [0.2, 0.25) is 0 Å². The molecule has 0 radical (unpaired) electrons. The van der Waals surface area contributed by atoms with E-state index in [1.54, 1.807) is 0 Å². The van der Waals surface area contributed by atoms with Crippen molar-refractivity contribution in [3.05, 3.63) is 58.7 Å². The van der Waals surface area contributed by atoms with Gasteiger partial charge in [-0.15, -0.1) is 0 Å². The number of carboxylic acid groups (broad SMARTS) is 1. The molecule has 1 atom stereocenters. The normalized spacial score (nSPS) is 19.5. The van der Waals surface area contributed by atoms with E-state index in [0.29, 0.717) is 17.7 Å². The van der Waals surface area contributed by atoms with Crippen LogP contribution in [0.15, 0.2) is 41.3 Å². The second-order valence-corrected chi connectivity index (χ2v) is 9.93. The smallest absolute Gasteiger partial charge is 0.416 e. The number of hydrogen-bond acceptors (Lipinski definition) is 4. The van der Waals surface area contributed by atoms with Crippen LogP contribution in [0.4, 0.5) is 18.9 Å². The third kappa shape index (κ3) is 4.75. The molecule has 1 aliphatic carbocycles. The average Bonchev–Trinajstić information content (AvgIpc) is 3.58. The SMILES string of the molecule is O=C(O)c1ccc(C2CC2)c(S(=O)(=O)Nc2cc(C(F)(F)F)ccc2C2CCCNC2)c1. The fourth-order valence-corrected chi connectivity index (χ4v) is 5.53. The Balaban J connectivity index is 1.78. The van der Waals surface area contributed by atoms with E-state index in [1.807, 2.05) is 0 Å². The lowest BCUT2D eigenvalue weighted by Crippen LogP contribution is -2.29. The molecule has 1 saturated carbocycles. The first-order valence-electron chi connectivity index (χ1n) is 10.4. The number of piperidine rings is 1. The van der Waals surface area contributed by atoms with Gasteiger partial charge in [-0.1, -0.05) is 12.1 Å². The molecule has 1 unspecified atom stereocenters. The number of nitrogens with one attached hydrogen (secondary N) is 2. The van der Waals surface area contributed by atoms with Crippen molar-refractivity contribution in [1.82, 2.24) is 5.32 Å². The van der Waals surface area contributed by atoms with Gasteiger partial charge in [0.05, 0.1) is 21.7 Å². The number of anilines is 1. The number of alkyl halides is 3. The van der Waals surface area contributed by atoms with Crippen LogP contribution in [-0.4, -0.2) is 32.6 Å². The molecule has 6 nitrogen and oxygen atoms in total. The maximum Gasteiger partial charge on any atom is 0.416 e. The Bertz CT molecular complexity index is 1140. The highest BCUT2D eigenvalue weighted by Gasteiger charge is 2.34. The quantitative estimate of drug-likeness (QED) is 0.578. The zero-order valence-corrected chi connectivity index (χ0v) is 17.9. The minimum Gasteiger partial charge on any atom is -0.478 e. The molecule has 0 aromatic heterocycles. The van der Waals surface area contributed by atoms with Crippen LogP contribution in [0.25, 0.3) is 0 Å². The molecule has 32 heavy (non-hydrogen) atoms. The molecule has 2 aromatic rings. The van der Waals surface area contributed by atoms with Crippen molar-refractivity contribution in [1.29, 1.82) is 0 Å². The fourth-order valence-electron chi connectivity index (χ4n) is 4.13. The molecule has 3 N–H and O–H groups in total. The fraction of sp³-hybridized carbons (Fsp3) is 0.409. The number of halogens is 3. The first kappa shape index (κ1) is 22.6. The van der Waals surface area contributed by atoms with E-state index in [4.69, 9.17) is 0 Å². The number of benzene rings is 2. The molecule has 0 bridgehead atoms. The van der Waals surface area contributed by atoms with E-state index in [9.17, 15) is 31.5 Å². The van der Waals surface area contributed by atoms with Crippen molar-refractivity contribution in [2.24, 2.45) is 0 Å². The maximum atomic E-state index is 13.4. The van der Waals surface area contributed by atoms with E-state index >= 15 is 0 Å². The van der Waals surface area contributed by atoms with Crippen LogP contribution >= 0.6 is 0 Å². The van der Waals surface area contributed by atoms with Crippen LogP contribution < -0.4 is 10.0 Å². The molecule has 0 amide bonds. The number of sulfonamides is 1. The van der Waals surface area contributed by atoms with Gasteiger partial charge in [-0.05, 0) is 79.5 Å².